The van der Waals surface area contributed by atoms with Gasteiger partial charge in [-0.15, -0.1) is 0 Å². The minimum Gasteiger partial charge on any atom is -0.372 e. The average Bonchev–Trinajstić information content (AvgIpc) is 3.24. The third-order valence-electron chi connectivity index (χ3n) is 4.76. The Bertz CT molecular complexity index is 1070. The van der Waals surface area contributed by atoms with Crippen LogP contribution in [0.2, 0.25) is 5.02 Å². The maximum atomic E-state index is 13.4. The predicted molar refractivity (Wildman–Crippen MR) is 101 cm³/mol. The van der Waals surface area contributed by atoms with Gasteiger partial charge in [-0.05, 0) is 42.0 Å². The van der Waals surface area contributed by atoms with Crippen LogP contribution in [0.15, 0.2) is 42.7 Å². The summed E-state index contributed by atoms with van der Waals surface area (Å²) in [5.74, 6) is -2.08. The maximum absolute atomic E-state index is 13.4. The number of anilines is 1. The number of carbonyl (C=O) groups excluding carboxylic acids is 2. The van der Waals surface area contributed by atoms with Gasteiger partial charge in [0.2, 0.25) is 5.60 Å². The minimum absolute atomic E-state index is 0.0554. The lowest BCUT2D eigenvalue weighted by molar-refractivity contribution is -0.149. The SMILES string of the molecule is O=C(NCc1cc(F)cc(Cl)c1)C1(O)CCN(c2ccc3[nH]cnc3c2)C1=O. The van der Waals surface area contributed by atoms with Crippen LogP contribution < -0.4 is 10.2 Å². The second-order valence-electron chi connectivity index (χ2n) is 6.63. The smallest absolute Gasteiger partial charge is 0.268 e. The first-order chi connectivity index (χ1) is 13.4. The number of imidazole rings is 1. The fraction of sp³-hybridized carbons (Fsp3) is 0.211. The lowest BCUT2D eigenvalue weighted by Gasteiger charge is -2.22. The number of benzene rings is 2. The molecule has 7 nitrogen and oxygen atoms in total. The summed E-state index contributed by atoms with van der Waals surface area (Å²) in [7, 11) is 0. The highest BCUT2D eigenvalue weighted by Crippen LogP contribution is 2.30. The third kappa shape index (κ3) is 3.21. The molecular weight excluding hydrogens is 387 g/mol. The molecule has 4 rings (SSSR count). The molecule has 0 aliphatic carbocycles. The van der Waals surface area contributed by atoms with Crippen LogP contribution in [0.1, 0.15) is 12.0 Å². The second kappa shape index (κ2) is 6.88. The summed E-state index contributed by atoms with van der Waals surface area (Å²) < 4.78 is 13.4. The number of nitrogens with zero attached hydrogens (tertiary/aromatic N) is 2. The number of aliphatic hydroxyl groups is 1. The Hall–Kier alpha value is -2.97. The van der Waals surface area contributed by atoms with Gasteiger partial charge in [-0.1, -0.05) is 11.6 Å². The Kier molecular flexibility index (Phi) is 4.52. The summed E-state index contributed by atoms with van der Waals surface area (Å²) in [4.78, 5) is 33.7. The van der Waals surface area contributed by atoms with E-state index < -0.39 is 23.2 Å². The predicted octanol–water partition coefficient (Wildman–Crippen LogP) is 2.14. The van der Waals surface area contributed by atoms with Crippen molar-refractivity contribution in [1.29, 1.82) is 0 Å². The molecule has 28 heavy (non-hydrogen) atoms. The Morgan fingerprint density at radius 2 is 2.18 bits per heavy atom. The van der Waals surface area contributed by atoms with Gasteiger partial charge in [0.15, 0.2) is 0 Å². The average molecular weight is 403 g/mol. The van der Waals surface area contributed by atoms with Crippen LogP contribution in [0.3, 0.4) is 0 Å². The van der Waals surface area contributed by atoms with E-state index in [0.717, 1.165) is 11.6 Å². The van der Waals surface area contributed by atoms with Gasteiger partial charge in [0.05, 0.1) is 17.4 Å². The topological polar surface area (TPSA) is 98.3 Å². The molecule has 3 N–H and O–H groups in total. The fourth-order valence-electron chi connectivity index (χ4n) is 3.29. The molecule has 2 aromatic carbocycles. The summed E-state index contributed by atoms with van der Waals surface area (Å²) in [5, 5.41) is 13.4. The molecule has 9 heteroatoms. The van der Waals surface area contributed by atoms with Crippen molar-refractivity contribution in [1.82, 2.24) is 15.3 Å². The molecule has 0 spiro atoms. The minimum atomic E-state index is -2.18. The molecular formula is C19H16ClFN4O3. The number of aromatic amines is 1. The van der Waals surface area contributed by atoms with E-state index in [1.807, 2.05) is 0 Å². The van der Waals surface area contributed by atoms with E-state index in [2.05, 4.69) is 15.3 Å². The maximum Gasteiger partial charge on any atom is 0.268 e. The van der Waals surface area contributed by atoms with Gasteiger partial charge in [-0.3, -0.25) is 9.59 Å². The van der Waals surface area contributed by atoms with Gasteiger partial charge in [0, 0.05) is 30.2 Å². The normalized spacial score (nSPS) is 19.4. The zero-order valence-corrected chi connectivity index (χ0v) is 15.3. The van der Waals surface area contributed by atoms with E-state index in [-0.39, 0.29) is 24.5 Å². The van der Waals surface area contributed by atoms with Crippen molar-refractivity contribution in [3.05, 3.63) is 59.1 Å². The number of hydrogen-bond acceptors (Lipinski definition) is 4. The van der Waals surface area contributed by atoms with Crippen LogP contribution in [0, 0.1) is 5.82 Å². The summed E-state index contributed by atoms with van der Waals surface area (Å²) in [5.41, 5.74) is 0.279. The molecule has 1 aromatic heterocycles. The van der Waals surface area contributed by atoms with Crippen LogP contribution in [0.5, 0.6) is 0 Å². The number of carbonyl (C=O) groups is 2. The van der Waals surface area contributed by atoms with Crippen molar-refractivity contribution in [3.8, 4) is 0 Å². The largest absolute Gasteiger partial charge is 0.372 e. The Labute approximate surface area is 164 Å². The van der Waals surface area contributed by atoms with E-state index in [1.165, 1.54) is 17.0 Å². The van der Waals surface area contributed by atoms with Gasteiger partial charge in [-0.25, -0.2) is 9.37 Å². The van der Waals surface area contributed by atoms with Crippen molar-refractivity contribution in [2.45, 2.75) is 18.6 Å². The highest BCUT2D eigenvalue weighted by molar-refractivity contribution is 6.30. The molecule has 3 aromatic rings. The van der Waals surface area contributed by atoms with Gasteiger partial charge in [0.25, 0.3) is 11.8 Å². The lowest BCUT2D eigenvalue weighted by atomic mass is 10.0. The van der Waals surface area contributed by atoms with Gasteiger partial charge < -0.3 is 20.3 Å². The quantitative estimate of drug-likeness (QED) is 0.582. The van der Waals surface area contributed by atoms with Gasteiger partial charge >= 0.3 is 0 Å². The number of fused-ring (bicyclic) bond motifs is 1. The number of H-pyrrole nitrogens is 1. The van der Waals surface area contributed by atoms with Crippen molar-refractivity contribution >= 4 is 40.1 Å². The summed E-state index contributed by atoms with van der Waals surface area (Å²) in [6.07, 6.45) is 1.49. The molecule has 0 saturated carbocycles. The zero-order chi connectivity index (χ0) is 19.9. The molecule has 1 atom stereocenters. The molecule has 2 heterocycles. The van der Waals surface area contributed by atoms with Crippen molar-refractivity contribution < 1.29 is 19.1 Å². The molecule has 1 fully saturated rings. The molecule has 0 radical (unpaired) electrons. The Morgan fingerprint density at radius 3 is 2.96 bits per heavy atom. The van der Waals surface area contributed by atoms with Gasteiger partial charge in [-0.2, -0.15) is 0 Å². The Morgan fingerprint density at radius 1 is 1.36 bits per heavy atom. The van der Waals surface area contributed by atoms with Gasteiger partial charge in [0.1, 0.15) is 5.82 Å². The highest BCUT2D eigenvalue weighted by atomic mass is 35.5. The molecule has 2 amide bonds. The van der Waals surface area contributed by atoms with Crippen LogP contribution in [-0.2, 0) is 16.1 Å². The molecule has 1 saturated heterocycles. The van der Waals surface area contributed by atoms with Crippen LogP contribution in [0.4, 0.5) is 10.1 Å². The number of amides is 2. The molecule has 1 aliphatic heterocycles. The summed E-state index contributed by atoms with van der Waals surface area (Å²) >= 11 is 5.79. The van der Waals surface area contributed by atoms with Crippen LogP contribution in [0.25, 0.3) is 11.0 Å². The number of halogens is 2. The number of rotatable bonds is 4. The second-order valence-corrected chi connectivity index (χ2v) is 7.07. The number of aromatic nitrogens is 2. The zero-order valence-electron chi connectivity index (χ0n) is 14.6. The number of nitrogens with one attached hydrogen (secondary N) is 2. The first kappa shape index (κ1) is 18.4. The summed E-state index contributed by atoms with van der Waals surface area (Å²) in [6, 6.07) is 9.07. The van der Waals surface area contributed by atoms with E-state index in [0.29, 0.717) is 16.8 Å². The van der Waals surface area contributed by atoms with Crippen molar-refractivity contribution in [2.24, 2.45) is 0 Å². The third-order valence-corrected chi connectivity index (χ3v) is 4.98. The molecule has 0 bridgehead atoms. The number of hydrogen-bond donors (Lipinski definition) is 3. The van der Waals surface area contributed by atoms with E-state index in [9.17, 15) is 19.1 Å². The van der Waals surface area contributed by atoms with Crippen LogP contribution >= 0.6 is 11.6 Å². The molecule has 144 valence electrons. The van der Waals surface area contributed by atoms with Crippen molar-refractivity contribution in [3.63, 3.8) is 0 Å². The monoisotopic (exact) mass is 402 g/mol. The van der Waals surface area contributed by atoms with Crippen molar-refractivity contribution in [2.75, 3.05) is 11.4 Å². The fourth-order valence-corrected chi connectivity index (χ4v) is 3.54. The first-order valence-corrected chi connectivity index (χ1v) is 8.95. The Balaban J connectivity index is 1.49. The van der Waals surface area contributed by atoms with E-state index in [4.69, 9.17) is 11.6 Å². The molecule has 1 aliphatic rings. The lowest BCUT2D eigenvalue weighted by Crippen LogP contribution is -2.52. The van der Waals surface area contributed by atoms with E-state index >= 15 is 0 Å². The molecule has 1 unspecified atom stereocenters. The summed E-state index contributed by atoms with van der Waals surface area (Å²) in [6.45, 7) is 0.121. The first-order valence-electron chi connectivity index (χ1n) is 8.57. The van der Waals surface area contributed by atoms with Crippen LogP contribution in [-0.4, -0.2) is 39.0 Å². The standard InChI is InChI=1S/C19H16ClFN4O3/c20-12-5-11(6-13(21)7-12)9-22-17(26)19(28)3-4-25(18(19)27)14-1-2-15-16(8-14)24-10-23-15/h1-2,5-8,10,28H,3-4,9H2,(H,22,26)(H,23,24). The van der Waals surface area contributed by atoms with E-state index in [1.54, 1.807) is 24.5 Å². The highest BCUT2D eigenvalue weighted by Gasteiger charge is 2.51.